The average Bonchev–Trinajstić information content (AvgIpc) is 2.73. The first-order chi connectivity index (χ1) is 8.66. The summed E-state index contributed by atoms with van der Waals surface area (Å²) < 4.78 is 0. The number of carbonyl (C=O) groups excluding carboxylic acids is 1. The van der Waals surface area contributed by atoms with Crippen molar-refractivity contribution in [1.82, 2.24) is 10.2 Å². The van der Waals surface area contributed by atoms with E-state index in [1.807, 2.05) is 6.08 Å². The number of hydrogen-bond acceptors (Lipinski definition) is 2. The third-order valence-electron chi connectivity index (χ3n) is 3.63. The lowest BCUT2D eigenvalue weighted by Gasteiger charge is -2.26. The average molecular weight is 269 g/mol. The van der Waals surface area contributed by atoms with E-state index in [9.17, 15) is 4.79 Å². The summed E-state index contributed by atoms with van der Waals surface area (Å²) in [5.41, 5.74) is 0. The Labute approximate surface area is 114 Å². The molecule has 4 heteroatoms. The van der Waals surface area contributed by atoms with Crippen LogP contribution in [0.2, 0.25) is 0 Å². The molecule has 2 unspecified atom stereocenters. The van der Waals surface area contributed by atoms with Crippen LogP contribution in [0.5, 0.6) is 0 Å². The normalized spacial score (nSPS) is 35.7. The molecule has 18 heavy (non-hydrogen) atoms. The SMILES string of the molecule is CC1/C=C(Cl)\C=C/CN(C2CCNC2=O)CCC1. The second-order valence-electron chi connectivity index (χ2n) is 5.16. The standard InChI is InChI=1S/C14H21ClN2O/c1-11-4-2-8-17(9-3-5-12(15)10-11)13-6-7-16-14(13)18/h3,5,10-11,13H,2,4,6-9H2,1H3,(H,16,18)/b5-3-,12-10+. The Morgan fingerprint density at radius 1 is 1.44 bits per heavy atom. The van der Waals surface area contributed by atoms with Gasteiger partial charge in [0.05, 0.1) is 6.04 Å². The number of amides is 1. The van der Waals surface area contributed by atoms with Crippen LogP contribution < -0.4 is 5.32 Å². The molecular formula is C14H21ClN2O. The van der Waals surface area contributed by atoms with Crippen molar-refractivity contribution in [2.24, 2.45) is 5.92 Å². The molecule has 2 rings (SSSR count). The zero-order chi connectivity index (χ0) is 13.0. The molecule has 1 N–H and O–H groups in total. The maximum absolute atomic E-state index is 11.7. The van der Waals surface area contributed by atoms with Crippen LogP contribution >= 0.6 is 11.6 Å². The molecule has 2 aliphatic rings. The van der Waals surface area contributed by atoms with Crippen LogP contribution in [0, 0.1) is 5.92 Å². The minimum Gasteiger partial charge on any atom is -0.355 e. The fraction of sp³-hybridized carbons (Fsp3) is 0.643. The third kappa shape index (κ3) is 3.59. The van der Waals surface area contributed by atoms with Crippen molar-refractivity contribution < 1.29 is 4.79 Å². The summed E-state index contributed by atoms with van der Waals surface area (Å²) in [6, 6.07) is 0.0483. The van der Waals surface area contributed by atoms with E-state index in [2.05, 4.69) is 29.3 Å². The zero-order valence-electron chi connectivity index (χ0n) is 10.9. The molecule has 0 bridgehead atoms. The predicted octanol–water partition coefficient (Wildman–Crippen LogP) is 2.29. The summed E-state index contributed by atoms with van der Waals surface area (Å²) in [7, 11) is 0. The molecule has 1 amide bonds. The molecule has 0 saturated carbocycles. The fourth-order valence-corrected chi connectivity index (χ4v) is 2.94. The zero-order valence-corrected chi connectivity index (χ0v) is 11.6. The van der Waals surface area contributed by atoms with Crippen LogP contribution in [0.25, 0.3) is 0 Å². The van der Waals surface area contributed by atoms with Gasteiger partial charge in [0, 0.05) is 18.1 Å². The van der Waals surface area contributed by atoms with Crippen LogP contribution in [0.4, 0.5) is 0 Å². The lowest BCUT2D eigenvalue weighted by atomic mass is 10.0. The molecule has 2 heterocycles. The Balaban J connectivity index is 2.04. The molecule has 2 aliphatic heterocycles. The van der Waals surface area contributed by atoms with Gasteiger partial charge in [-0.15, -0.1) is 0 Å². The van der Waals surface area contributed by atoms with Crippen molar-refractivity contribution in [3.8, 4) is 0 Å². The number of nitrogens with one attached hydrogen (secondary N) is 1. The van der Waals surface area contributed by atoms with E-state index in [0.717, 1.165) is 43.9 Å². The van der Waals surface area contributed by atoms with Gasteiger partial charge in [0.15, 0.2) is 0 Å². The number of rotatable bonds is 1. The molecule has 0 aromatic heterocycles. The van der Waals surface area contributed by atoms with Crippen molar-refractivity contribution in [1.29, 1.82) is 0 Å². The highest BCUT2D eigenvalue weighted by molar-refractivity contribution is 6.31. The molecule has 100 valence electrons. The van der Waals surface area contributed by atoms with Crippen LogP contribution in [-0.2, 0) is 4.79 Å². The summed E-state index contributed by atoms with van der Waals surface area (Å²) in [6.45, 7) is 4.78. The van der Waals surface area contributed by atoms with Gasteiger partial charge >= 0.3 is 0 Å². The van der Waals surface area contributed by atoms with Crippen molar-refractivity contribution in [2.45, 2.75) is 32.2 Å². The largest absolute Gasteiger partial charge is 0.355 e. The third-order valence-corrected chi connectivity index (χ3v) is 3.88. The minimum atomic E-state index is 0.0483. The number of nitrogens with zero attached hydrogens (tertiary/aromatic N) is 1. The summed E-state index contributed by atoms with van der Waals surface area (Å²) in [5.74, 6) is 0.676. The predicted molar refractivity (Wildman–Crippen MR) is 74.5 cm³/mol. The number of hydrogen-bond donors (Lipinski definition) is 1. The van der Waals surface area contributed by atoms with E-state index < -0.39 is 0 Å². The lowest BCUT2D eigenvalue weighted by molar-refractivity contribution is -0.123. The van der Waals surface area contributed by atoms with Crippen LogP contribution in [0.15, 0.2) is 23.3 Å². The van der Waals surface area contributed by atoms with Gasteiger partial charge < -0.3 is 5.32 Å². The maximum atomic E-state index is 11.7. The second kappa shape index (κ2) is 6.39. The van der Waals surface area contributed by atoms with E-state index in [1.54, 1.807) is 0 Å². The Morgan fingerprint density at radius 3 is 3.00 bits per heavy atom. The summed E-state index contributed by atoms with van der Waals surface area (Å²) in [5, 5.41) is 3.71. The number of carbonyl (C=O) groups is 1. The minimum absolute atomic E-state index is 0.0483. The maximum Gasteiger partial charge on any atom is 0.237 e. The molecule has 3 nitrogen and oxygen atoms in total. The van der Waals surface area contributed by atoms with E-state index in [0.29, 0.717) is 5.92 Å². The smallest absolute Gasteiger partial charge is 0.237 e. The van der Waals surface area contributed by atoms with Crippen molar-refractivity contribution in [3.63, 3.8) is 0 Å². The van der Waals surface area contributed by atoms with Gasteiger partial charge in [0.2, 0.25) is 5.91 Å². The quantitative estimate of drug-likeness (QED) is 0.791. The molecule has 0 aromatic rings. The van der Waals surface area contributed by atoms with Crippen LogP contribution in [0.1, 0.15) is 26.2 Å². The van der Waals surface area contributed by atoms with Gasteiger partial charge in [0.25, 0.3) is 0 Å². The van der Waals surface area contributed by atoms with E-state index >= 15 is 0 Å². The van der Waals surface area contributed by atoms with Crippen molar-refractivity contribution >= 4 is 17.5 Å². The monoisotopic (exact) mass is 268 g/mol. The number of halogens is 1. The highest BCUT2D eigenvalue weighted by Crippen LogP contribution is 2.18. The topological polar surface area (TPSA) is 32.3 Å². The highest BCUT2D eigenvalue weighted by Gasteiger charge is 2.29. The molecule has 0 spiro atoms. The Morgan fingerprint density at radius 2 is 2.28 bits per heavy atom. The Bertz CT molecular complexity index is 365. The lowest BCUT2D eigenvalue weighted by Crippen LogP contribution is -2.41. The summed E-state index contributed by atoms with van der Waals surface area (Å²) in [4.78, 5) is 14.0. The molecule has 0 aliphatic carbocycles. The molecule has 0 radical (unpaired) electrons. The first-order valence-corrected chi connectivity index (χ1v) is 7.10. The van der Waals surface area contributed by atoms with Gasteiger partial charge in [-0.3, -0.25) is 9.69 Å². The van der Waals surface area contributed by atoms with Gasteiger partial charge in [-0.2, -0.15) is 0 Å². The molecular weight excluding hydrogens is 248 g/mol. The van der Waals surface area contributed by atoms with Crippen LogP contribution in [0.3, 0.4) is 0 Å². The van der Waals surface area contributed by atoms with E-state index in [1.165, 1.54) is 0 Å². The summed E-state index contributed by atoms with van der Waals surface area (Å²) in [6.07, 6.45) is 9.27. The van der Waals surface area contributed by atoms with Crippen LogP contribution in [-0.4, -0.2) is 36.5 Å². The van der Waals surface area contributed by atoms with Gasteiger partial charge in [0.1, 0.15) is 0 Å². The van der Waals surface area contributed by atoms with E-state index in [4.69, 9.17) is 11.6 Å². The van der Waals surface area contributed by atoms with Gasteiger partial charge in [-0.05, 0) is 37.8 Å². The fourth-order valence-electron chi connectivity index (χ4n) is 2.63. The van der Waals surface area contributed by atoms with Gasteiger partial charge in [-0.1, -0.05) is 30.7 Å². The molecule has 0 aromatic carbocycles. The highest BCUT2D eigenvalue weighted by atomic mass is 35.5. The summed E-state index contributed by atoms with van der Waals surface area (Å²) >= 11 is 6.13. The Hall–Kier alpha value is -0.800. The van der Waals surface area contributed by atoms with Crippen molar-refractivity contribution in [2.75, 3.05) is 19.6 Å². The molecule has 1 fully saturated rings. The molecule has 2 atom stereocenters. The first-order valence-electron chi connectivity index (χ1n) is 6.72. The first kappa shape index (κ1) is 13.6. The number of allylic oxidation sites excluding steroid dienone is 3. The van der Waals surface area contributed by atoms with E-state index in [-0.39, 0.29) is 11.9 Å². The van der Waals surface area contributed by atoms with Crippen molar-refractivity contribution in [3.05, 3.63) is 23.3 Å². The van der Waals surface area contributed by atoms with Gasteiger partial charge in [-0.25, -0.2) is 0 Å². The molecule has 1 saturated heterocycles. The second-order valence-corrected chi connectivity index (χ2v) is 5.60. The Kier molecular flexibility index (Phi) is 4.84.